The Hall–Kier alpha value is -2.89. The van der Waals surface area contributed by atoms with Gasteiger partial charge in [0.05, 0.1) is 12.3 Å². The van der Waals surface area contributed by atoms with E-state index in [2.05, 4.69) is 5.10 Å². The first kappa shape index (κ1) is 16.0. The Morgan fingerprint density at radius 3 is 2.75 bits per heavy atom. The van der Waals surface area contributed by atoms with Gasteiger partial charge in [-0.25, -0.2) is 9.40 Å². The van der Waals surface area contributed by atoms with Crippen LogP contribution in [0.1, 0.15) is 18.1 Å². The lowest BCUT2D eigenvalue weighted by Gasteiger charge is -2.13. The van der Waals surface area contributed by atoms with Crippen molar-refractivity contribution >= 4 is 11.7 Å². The molecule has 2 aromatic carbocycles. The maximum absolute atomic E-state index is 13.7. The molecule has 0 saturated carbocycles. The molecule has 3 N–H and O–H groups in total. The molecule has 1 aliphatic rings. The zero-order chi connectivity index (χ0) is 17.1. The number of nitrogens with one attached hydrogen (secondary N) is 1. The zero-order valence-corrected chi connectivity index (χ0v) is 13.4. The van der Waals surface area contributed by atoms with Crippen LogP contribution >= 0.6 is 0 Å². The molecule has 1 atom stereocenters. The molecule has 124 valence electrons. The summed E-state index contributed by atoms with van der Waals surface area (Å²) in [4.78, 5) is 0. The average Bonchev–Trinajstić information content (AvgIpc) is 2.96. The molecule has 0 saturated heterocycles. The van der Waals surface area contributed by atoms with Crippen LogP contribution in [0, 0.1) is 17.1 Å². The quantitative estimate of drug-likeness (QED) is 0.670. The molecular weight excluding hydrogens is 307 g/mol. The third kappa shape index (κ3) is 3.37. The predicted molar refractivity (Wildman–Crippen MR) is 91.5 cm³/mol. The molecule has 1 aliphatic heterocycles. The summed E-state index contributed by atoms with van der Waals surface area (Å²) in [6.07, 6.45) is 0. The first-order valence-electron chi connectivity index (χ1n) is 7.71. The summed E-state index contributed by atoms with van der Waals surface area (Å²) >= 11 is 0. The lowest BCUT2D eigenvalue weighted by atomic mass is 9.98. The topological polar surface area (TPSA) is 74.7 Å². The summed E-state index contributed by atoms with van der Waals surface area (Å²) in [6.45, 7) is 2.86. The molecular formula is C18H19FN4O. The average molecular weight is 326 g/mol. The van der Waals surface area contributed by atoms with E-state index in [4.69, 9.17) is 15.9 Å². The predicted octanol–water partition coefficient (Wildman–Crippen LogP) is 2.95. The lowest BCUT2D eigenvalue weighted by molar-refractivity contribution is 0.304. The van der Waals surface area contributed by atoms with Crippen LogP contribution in [0.25, 0.3) is 0 Å². The Labute approximate surface area is 140 Å². The van der Waals surface area contributed by atoms with Crippen molar-refractivity contribution in [1.82, 2.24) is 5.01 Å². The Bertz CT molecular complexity index is 776. The van der Waals surface area contributed by atoms with Gasteiger partial charge in [-0.05, 0) is 17.7 Å². The summed E-state index contributed by atoms with van der Waals surface area (Å²) in [5.41, 5.74) is 7.98. The van der Waals surface area contributed by atoms with Crippen molar-refractivity contribution in [3.05, 3.63) is 65.5 Å². The minimum Gasteiger partial charge on any atom is -0.488 e. The minimum absolute atomic E-state index is 0.0680. The van der Waals surface area contributed by atoms with Gasteiger partial charge in [0, 0.05) is 17.5 Å². The molecule has 6 heteroatoms. The van der Waals surface area contributed by atoms with Crippen molar-refractivity contribution in [1.29, 1.82) is 5.41 Å². The zero-order valence-electron chi connectivity index (χ0n) is 13.4. The fraction of sp³-hybridized carbons (Fsp3) is 0.222. The second kappa shape index (κ2) is 6.70. The van der Waals surface area contributed by atoms with Gasteiger partial charge in [0.2, 0.25) is 5.96 Å². The number of hydrogen-bond acceptors (Lipinski definition) is 3. The van der Waals surface area contributed by atoms with Crippen molar-refractivity contribution in [3.8, 4) is 5.75 Å². The molecule has 0 radical (unpaired) electrons. The van der Waals surface area contributed by atoms with Gasteiger partial charge in [-0.15, -0.1) is 0 Å². The highest BCUT2D eigenvalue weighted by molar-refractivity contribution is 6.06. The molecule has 24 heavy (non-hydrogen) atoms. The molecule has 0 amide bonds. The van der Waals surface area contributed by atoms with Crippen LogP contribution in [0.5, 0.6) is 5.75 Å². The third-order valence-corrected chi connectivity index (χ3v) is 3.88. The van der Waals surface area contributed by atoms with Crippen molar-refractivity contribution in [3.63, 3.8) is 0 Å². The Morgan fingerprint density at radius 2 is 2.08 bits per heavy atom. The first-order valence-corrected chi connectivity index (χ1v) is 7.71. The lowest BCUT2D eigenvalue weighted by Crippen LogP contribution is -2.31. The van der Waals surface area contributed by atoms with Crippen LogP contribution in [0.15, 0.2) is 53.6 Å². The fourth-order valence-electron chi connectivity index (χ4n) is 2.65. The maximum Gasteiger partial charge on any atom is 0.209 e. The summed E-state index contributed by atoms with van der Waals surface area (Å²) in [7, 11) is 0. The highest BCUT2D eigenvalue weighted by Crippen LogP contribution is 2.28. The normalized spacial score (nSPS) is 16.8. The molecule has 0 fully saturated rings. The molecule has 1 heterocycles. The van der Waals surface area contributed by atoms with Crippen LogP contribution in [-0.2, 0) is 6.61 Å². The molecule has 0 bridgehead atoms. The summed E-state index contributed by atoms with van der Waals surface area (Å²) < 4.78 is 19.5. The number of hydrogen-bond donors (Lipinski definition) is 2. The number of halogens is 1. The Balaban J connectivity index is 1.88. The van der Waals surface area contributed by atoms with Crippen LogP contribution in [0.2, 0.25) is 0 Å². The van der Waals surface area contributed by atoms with Gasteiger partial charge in [-0.2, -0.15) is 5.10 Å². The van der Waals surface area contributed by atoms with Gasteiger partial charge in [0.1, 0.15) is 18.2 Å². The number of guanidine groups is 1. The van der Waals surface area contributed by atoms with E-state index in [0.717, 1.165) is 16.8 Å². The Kier molecular flexibility index (Phi) is 4.46. The molecule has 0 unspecified atom stereocenters. The number of benzene rings is 2. The fourth-order valence-corrected chi connectivity index (χ4v) is 2.65. The molecule has 5 nitrogen and oxygen atoms in total. The van der Waals surface area contributed by atoms with Gasteiger partial charge in [-0.1, -0.05) is 37.3 Å². The summed E-state index contributed by atoms with van der Waals surface area (Å²) in [5.74, 6) is 0.0375. The standard InChI is InChI=1S/C18H19FN4O/c1-12-10-23(18(20)21)22-17(12)15-8-7-14(19)9-16(15)24-11-13-5-3-2-4-6-13/h2-9,12H,10-11H2,1H3,(H3,20,21)/t12-/m0/s1. The summed E-state index contributed by atoms with van der Waals surface area (Å²) in [5, 5.41) is 13.3. The van der Waals surface area contributed by atoms with Crippen LogP contribution in [0.3, 0.4) is 0 Å². The number of ether oxygens (including phenoxy) is 1. The highest BCUT2D eigenvalue weighted by atomic mass is 19.1. The Morgan fingerprint density at radius 1 is 1.33 bits per heavy atom. The van der Waals surface area contributed by atoms with E-state index in [-0.39, 0.29) is 17.7 Å². The monoisotopic (exact) mass is 326 g/mol. The second-order valence-electron chi connectivity index (χ2n) is 5.77. The number of nitrogens with zero attached hydrogens (tertiary/aromatic N) is 2. The van der Waals surface area contributed by atoms with Gasteiger partial charge in [-0.3, -0.25) is 5.41 Å². The number of rotatable bonds is 4. The SMILES string of the molecule is C[C@H]1CN(C(=N)N)N=C1c1ccc(F)cc1OCc1ccccc1. The largest absolute Gasteiger partial charge is 0.488 e. The van der Waals surface area contributed by atoms with Gasteiger partial charge >= 0.3 is 0 Å². The van der Waals surface area contributed by atoms with E-state index in [9.17, 15) is 4.39 Å². The molecule has 0 spiro atoms. The molecule has 0 aromatic heterocycles. The maximum atomic E-state index is 13.7. The van der Waals surface area contributed by atoms with Gasteiger partial charge < -0.3 is 10.5 Å². The van der Waals surface area contributed by atoms with E-state index >= 15 is 0 Å². The van der Waals surface area contributed by atoms with E-state index < -0.39 is 0 Å². The van der Waals surface area contributed by atoms with Crippen molar-refractivity contribution in [2.24, 2.45) is 16.8 Å². The smallest absolute Gasteiger partial charge is 0.209 e. The van der Waals surface area contributed by atoms with E-state index in [1.165, 1.54) is 17.1 Å². The molecule has 2 aromatic rings. The summed E-state index contributed by atoms with van der Waals surface area (Å²) in [6, 6.07) is 14.1. The van der Waals surface area contributed by atoms with Crippen LogP contribution in [0.4, 0.5) is 4.39 Å². The minimum atomic E-state index is -0.364. The molecule has 0 aliphatic carbocycles. The van der Waals surface area contributed by atoms with Crippen molar-refractivity contribution in [2.45, 2.75) is 13.5 Å². The highest BCUT2D eigenvalue weighted by Gasteiger charge is 2.27. The number of hydrazone groups is 1. The number of nitrogens with two attached hydrogens (primary N) is 1. The van der Waals surface area contributed by atoms with Crippen LogP contribution in [-0.4, -0.2) is 23.2 Å². The van der Waals surface area contributed by atoms with Gasteiger partial charge in [0.25, 0.3) is 0 Å². The van der Waals surface area contributed by atoms with Crippen LogP contribution < -0.4 is 10.5 Å². The van der Waals surface area contributed by atoms with Crippen molar-refractivity contribution < 1.29 is 9.13 Å². The van der Waals surface area contributed by atoms with E-state index in [1.807, 2.05) is 37.3 Å². The molecule has 3 rings (SSSR count). The first-order chi connectivity index (χ1) is 11.5. The van der Waals surface area contributed by atoms with Gasteiger partial charge in [0.15, 0.2) is 0 Å². The second-order valence-corrected chi connectivity index (χ2v) is 5.77. The van der Waals surface area contributed by atoms with Crippen molar-refractivity contribution in [2.75, 3.05) is 6.54 Å². The van der Waals surface area contributed by atoms with E-state index in [1.54, 1.807) is 6.07 Å². The third-order valence-electron chi connectivity index (χ3n) is 3.88. The van der Waals surface area contributed by atoms with E-state index in [0.29, 0.717) is 18.9 Å².